The van der Waals surface area contributed by atoms with Gasteiger partial charge < -0.3 is 0 Å². The second kappa shape index (κ2) is 10.8. The Bertz CT molecular complexity index is 933. The Hall–Kier alpha value is -2.47. The third-order valence-electron chi connectivity index (χ3n) is 3.46. The minimum Gasteiger partial charge on any atom is -0.268 e. The molecular formula is C22H17ClN2OS2. The molecular weight excluding hydrogens is 408 g/mol. The van der Waals surface area contributed by atoms with Gasteiger partial charge in [0, 0.05) is 26.5 Å². The highest BCUT2D eigenvalue weighted by atomic mass is 35.5. The first-order chi connectivity index (χ1) is 13.7. The Kier molecular flexibility index (Phi) is 7.79. The summed E-state index contributed by atoms with van der Waals surface area (Å²) in [5, 5.41) is 4.58. The number of thioether (sulfide) groups is 2. The van der Waals surface area contributed by atoms with Gasteiger partial charge in [-0.3, -0.25) is 4.79 Å². The van der Waals surface area contributed by atoms with Crippen LogP contribution in [0.3, 0.4) is 0 Å². The fraction of sp³-hybridized carbons (Fsp3) is 0. The Balaban J connectivity index is 1.71. The Morgan fingerprint density at radius 3 is 1.93 bits per heavy atom. The summed E-state index contributed by atoms with van der Waals surface area (Å²) in [6.07, 6.45) is 3.09. The van der Waals surface area contributed by atoms with Gasteiger partial charge >= 0.3 is 0 Å². The van der Waals surface area contributed by atoms with Gasteiger partial charge in [-0.2, -0.15) is 5.10 Å². The van der Waals surface area contributed by atoms with Crippen LogP contribution in [0.25, 0.3) is 0 Å². The molecule has 0 spiro atoms. The van der Waals surface area contributed by atoms with E-state index in [0.29, 0.717) is 5.02 Å². The monoisotopic (exact) mass is 424 g/mol. The minimum absolute atomic E-state index is 0.301. The number of hydrogen-bond donors (Lipinski definition) is 1. The second-order valence-electron chi connectivity index (χ2n) is 5.55. The van der Waals surface area contributed by atoms with E-state index in [2.05, 4.69) is 10.5 Å². The average Bonchev–Trinajstić information content (AvgIpc) is 2.71. The minimum atomic E-state index is -0.301. The molecule has 1 amide bonds. The van der Waals surface area contributed by atoms with Gasteiger partial charge in [0.2, 0.25) is 0 Å². The first-order valence-corrected chi connectivity index (χ1v) is 10.5. The van der Waals surface area contributed by atoms with E-state index < -0.39 is 0 Å². The summed E-state index contributed by atoms with van der Waals surface area (Å²) in [7, 11) is 0. The van der Waals surface area contributed by atoms with E-state index in [0.717, 1.165) is 19.6 Å². The fourth-order valence-electron chi connectivity index (χ4n) is 2.17. The molecule has 0 atom stereocenters. The van der Waals surface area contributed by atoms with Gasteiger partial charge in [0.1, 0.15) is 0 Å². The SMILES string of the molecule is O=C(C=C(Sc1ccccc1)Sc1ccccc1)N/N=C/c1ccccc1Cl. The zero-order chi connectivity index (χ0) is 19.6. The molecule has 0 saturated heterocycles. The van der Waals surface area contributed by atoms with Gasteiger partial charge in [0.25, 0.3) is 5.91 Å². The van der Waals surface area contributed by atoms with Gasteiger partial charge in [-0.05, 0) is 30.3 Å². The number of carbonyl (C=O) groups excluding carboxylic acids is 1. The highest BCUT2D eigenvalue weighted by Gasteiger charge is 2.07. The molecule has 140 valence electrons. The van der Waals surface area contributed by atoms with E-state index in [1.54, 1.807) is 12.1 Å². The Morgan fingerprint density at radius 1 is 0.821 bits per heavy atom. The molecule has 28 heavy (non-hydrogen) atoms. The van der Waals surface area contributed by atoms with Crippen molar-refractivity contribution >= 4 is 47.2 Å². The lowest BCUT2D eigenvalue weighted by atomic mass is 10.2. The van der Waals surface area contributed by atoms with Crippen LogP contribution in [0.15, 0.2) is 110 Å². The van der Waals surface area contributed by atoms with Gasteiger partial charge in [0.15, 0.2) is 0 Å². The summed E-state index contributed by atoms with van der Waals surface area (Å²) in [4.78, 5) is 14.5. The van der Waals surface area contributed by atoms with Crippen molar-refractivity contribution < 1.29 is 4.79 Å². The number of nitrogens with zero attached hydrogens (tertiary/aromatic N) is 1. The molecule has 0 unspecified atom stereocenters. The zero-order valence-electron chi connectivity index (χ0n) is 14.8. The van der Waals surface area contributed by atoms with E-state index in [9.17, 15) is 4.79 Å². The van der Waals surface area contributed by atoms with E-state index in [1.807, 2.05) is 78.9 Å². The lowest BCUT2D eigenvalue weighted by Crippen LogP contribution is -2.14. The maximum absolute atomic E-state index is 12.3. The lowest BCUT2D eigenvalue weighted by Gasteiger charge is -2.07. The van der Waals surface area contributed by atoms with Crippen LogP contribution in [0, 0.1) is 0 Å². The molecule has 3 aromatic carbocycles. The Labute approximate surface area is 177 Å². The highest BCUT2D eigenvalue weighted by Crippen LogP contribution is 2.38. The van der Waals surface area contributed by atoms with Gasteiger partial charge in [-0.15, -0.1) is 0 Å². The van der Waals surface area contributed by atoms with Crippen LogP contribution in [0.4, 0.5) is 0 Å². The zero-order valence-corrected chi connectivity index (χ0v) is 17.2. The van der Waals surface area contributed by atoms with E-state index in [4.69, 9.17) is 11.6 Å². The van der Waals surface area contributed by atoms with Crippen LogP contribution in [-0.4, -0.2) is 12.1 Å². The number of carbonyl (C=O) groups is 1. The fourth-order valence-corrected chi connectivity index (χ4v) is 4.49. The van der Waals surface area contributed by atoms with Crippen molar-refractivity contribution in [3.05, 3.63) is 106 Å². The van der Waals surface area contributed by atoms with Crippen LogP contribution < -0.4 is 5.43 Å². The first-order valence-electron chi connectivity index (χ1n) is 8.46. The topological polar surface area (TPSA) is 41.5 Å². The number of halogens is 1. The van der Waals surface area contributed by atoms with Crippen LogP contribution >= 0.6 is 35.1 Å². The van der Waals surface area contributed by atoms with E-state index in [1.165, 1.54) is 29.7 Å². The number of hydrazone groups is 1. The summed E-state index contributed by atoms with van der Waals surface area (Å²) in [5.74, 6) is -0.301. The predicted octanol–water partition coefficient (Wildman–Crippen LogP) is 6.22. The summed E-state index contributed by atoms with van der Waals surface area (Å²) >= 11 is 9.15. The van der Waals surface area contributed by atoms with E-state index in [-0.39, 0.29) is 5.91 Å². The molecule has 0 heterocycles. The van der Waals surface area contributed by atoms with Crippen LogP contribution in [0.1, 0.15) is 5.56 Å². The third kappa shape index (κ3) is 6.60. The van der Waals surface area contributed by atoms with Gasteiger partial charge in [0.05, 0.1) is 10.5 Å². The molecule has 0 aliphatic carbocycles. The molecule has 1 N–H and O–H groups in total. The molecule has 0 radical (unpaired) electrons. The van der Waals surface area contributed by atoms with Crippen molar-refractivity contribution in [1.29, 1.82) is 0 Å². The normalized spacial score (nSPS) is 10.6. The smallest absolute Gasteiger partial charge is 0.265 e. The molecule has 0 fully saturated rings. The standard InChI is InChI=1S/C22H17ClN2OS2/c23-20-14-8-7-9-17(20)16-24-25-21(26)15-22(27-18-10-3-1-4-11-18)28-19-12-5-2-6-13-19/h1-16H,(H,25,26)/b24-16+. The number of nitrogens with one attached hydrogen (secondary N) is 1. The molecule has 0 aromatic heterocycles. The maximum atomic E-state index is 12.3. The summed E-state index contributed by atoms with van der Waals surface area (Å²) in [6.45, 7) is 0. The molecule has 3 nitrogen and oxygen atoms in total. The molecule has 0 aliphatic rings. The highest BCUT2D eigenvalue weighted by molar-refractivity contribution is 8.22. The molecule has 0 saturated carbocycles. The van der Waals surface area contributed by atoms with Crippen molar-refractivity contribution in [1.82, 2.24) is 5.43 Å². The quantitative estimate of drug-likeness (QED) is 0.212. The third-order valence-corrected chi connectivity index (χ3v) is 5.95. The van der Waals surface area contributed by atoms with Crippen LogP contribution in [0.5, 0.6) is 0 Å². The van der Waals surface area contributed by atoms with E-state index >= 15 is 0 Å². The number of amides is 1. The van der Waals surface area contributed by atoms with Gasteiger partial charge in [-0.1, -0.05) is 89.7 Å². The molecule has 0 bridgehead atoms. The predicted molar refractivity (Wildman–Crippen MR) is 120 cm³/mol. The van der Waals surface area contributed by atoms with Crippen LogP contribution in [-0.2, 0) is 4.79 Å². The lowest BCUT2D eigenvalue weighted by molar-refractivity contribution is -0.116. The summed E-state index contributed by atoms with van der Waals surface area (Å²) in [6, 6.07) is 27.2. The van der Waals surface area contributed by atoms with Crippen molar-refractivity contribution in [2.75, 3.05) is 0 Å². The molecule has 6 heteroatoms. The summed E-state index contributed by atoms with van der Waals surface area (Å²) < 4.78 is 0.850. The van der Waals surface area contributed by atoms with Crippen LogP contribution in [0.2, 0.25) is 5.02 Å². The number of hydrogen-bond acceptors (Lipinski definition) is 4. The number of benzene rings is 3. The van der Waals surface area contributed by atoms with Gasteiger partial charge in [-0.25, -0.2) is 5.43 Å². The average molecular weight is 425 g/mol. The molecule has 0 aliphatic heterocycles. The molecule has 3 aromatic rings. The van der Waals surface area contributed by atoms with Crippen molar-refractivity contribution in [2.24, 2.45) is 5.10 Å². The Morgan fingerprint density at radius 2 is 1.36 bits per heavy atom. The first kappa shape index (κ1) is 20.3. The van der Waals surface area contributed by atoms with Crippen molar-refractivity contribution in [2.45, 2.75) is 9.79 Å². The maximum Gasteiger partial charge on any atom is 0.265 e. The number of rotatable bonds is 7. The molecule has 3 rings (SSSR count). The summed E-state index contributed by atoms with van der Waals surface area (Å²) in [5.41, 5.74) is 3.27. The van der Waals surface area contributed by atoms with Crippen molar-refractivity contribution in [3.8, 4) is 0 Å². The van der Waals surface area contributed by atoms with Crippen molar-refractivity contribution in [3.63, 3.8) is 0 Å². The second-order valence-corrected chi connectivity index (χ2v) is 8.45. The largest absolute Gasteiger partial charge is 0.268 e.